The Morgan fingerprint density at radius 3 is 1.29 bits per heavy atom. The molecule has 4 atom stereocenters. The second kappa shape index (κ2) is 60.2. The summed E-state index contributed by atoms with van der Waals surface area (Å²) >= 11 is 4.50. The fourth-order valence-corrected chi connectivity index (χ4v) is 18.8. The van der Waals surface area contributed by atoms with Gasteiger partial charge in [-0.2, -0.15) is 0 Å². The largest absolute Gasteiger partial charge is 0.148 e. The highest BCUT2D eigenvalue weighted by Gasteiger charge is 2.28. The molecule has 63 heavy (non-hydrogen) atoms. The summed E-state index contributed by atoms with van der Waals surface area (Å²) in [5.41, 5.74) is 0. The summed E-state index contributed by atoms with van der Waals surface area (Å²) < 4.78 is 0. The van der Waals surface area contributed by atoms with Crippen molar-refractivity contribution in [1.29, 1.82) is 0 Å². The highest BCUT2D eigenvalue weighted by Crippen LogP contribution is 2.48. The van der Waals surface area contributed by atoms with Crippen molar-refractivity contribution in [2.45, 2.75) is 360 Å². The van der Waals surface area contributed by atoms with Crippen LogP contribution in [0, 0.1) is 0 Å². The van der Waals surface area contributed by atoms with Gasteiger partial charge in [0, 0.05) is 36.6 Å². The zero-order chi connectivity index (χ0) is 45.3. The molecule has 6 heteroatoms. The van der Waals surface area contributed by atoms with Gasteiger partial charge in [0.15, 0.2) is 0 Å². The Balaban J connectivity index is -0.000000480. The maximum Gasteiger partial charge on any atom is 0.0397 e. The minimum atomic E-state index is 0. The molecular formula is C57H122S6. The fraction of sp³-hybridized carbons (Fsp3) is 1.00. The van der Waals surface area contributed by atoms with Crippen LogP contribution in [0.2, 0.25) is 0 Å². The average Bonchev–Trinajstić information content (AvgIpc) is 3.26. The summed E-state index contributed by atoms with van der Waals surface area (Å²) in [5.74, 6) is 0. The van der Waals surface area contributed by atoms with Crippen LogP contribution in [-0.2, 0) is 0 Å². The van der Waals surface area contributed by atoms with Crippen LogP contribution >= 0.6 is 66.7 Å². The molecule has 4 unspecified atom stereocenters. The number of hydrogen-bond acceptors (Lipinski definition) is 6. The van der Waals surface area contributed by atoms with Gasteiger partial charge in [0.2, 0.25) is 0 Å². The third-order valence-electron chi connectivity index (χ3n) is 12.5. The van der Waals surface area contributed by atoms with E-state index in [1.807, 2.05) is 0 Å². The van der Waals surface area contributed by atoms with Gasteiger partial charge >= 0.3 is 0 Å². The lowest BCUT2D eigenvalue weighted by atomic mass is 10.0. The summed E-state index contributed by atoms with van der Waals surface area (Å²) in [4.78, 5) is 0. The molecule has 386 valence electrons. The maximum absolute atomic E-state index is 2.45. The molecule has 0 aromatic carbocycles. The first-order valence-electron chi connectivity index (χ1n) is 27.8. The highest BCUT2D eigenvalue weighted by molar-refractivity contribution is 8.78. The molecule has 0 N–H and O–H groups in total. The van der Waals surface area contributed by atoms with Crippen molar-refractivity contribution < 1.29 is 0 Å². The molecule has 1 fully saturated rings. The molecule has 0 amide bonds. The van der Waals surface area contributed by atoms with Crippen molar-refractivity contribution in [1.82, 2.24) is 0 Å². The van der Waals surface area contributed by atoms with E-state index < -0.39 is 0 Å². The van der Waals surface area contributed by atoms with Gasteiger partial charge < -0.3 is 0 Å². The second-order valence-corrected chi connectivity index (χ2v) is 27.4. The second-order valence-electron chi connectivity index (χ2n) is 18.7. The highest BCUT2D eigenvalue weighted by atomic mass is 33.1. The minimum Gasteiger partial charge on any atom is -0.148 e. The van der Waals surface area contributed by atoms with E-state index in [1.54, 1.807) is 0 Å². The average molecular weight is 1000 g/mol. The van der Waals surface area contributed by atoms with Gasteiger partial charge in [0.25, 0.3) is 0 Å². The van der Waals surface area contributed by atoms with Crippen molar-refractivity contribution in [3.05, 3.63) is 0 Å². The molecule has 0 radical (unpaired) electrons. The van der Waals surface area contributed by atoms with Gasteiger partial charge in [0.05, 0.1) is 0 Å². The van der Waals surface area contributed by atoms with Crippen molar-refractivity contribution in [3.8, 4) is 0 Å². The SMILES string of the molecule is C.C.CCCCCC.CCCCCCC(CCCCCC)SSC1CCCC(CC)SSC1CCCCC.CCCCCCCC(C)SCSC(CCCCCC)CCCCCC. The standard InChI is InChI=1S/C26H52S4.C23H48S2.C6H14.2CH4/c1-5-9-12-15-18-24(19-16-13-10-6-2)28-30-26-22-17-20-23(8-4)27-29-25(26)21-14-11-7-3;1-5-8-11-14-15-18-22(4)24-21-25-23(19-16-12-9-6-2)20-17-13-10-7-3;1-3-5-6-4-2;;/h23-26H,5-22H2,1-4H3;22-23H,5-21H2,1-4H3;3-6H2,1-2H3;2*1H4. The molecule has 1 aliphatic rings. The molecule has 0 bridgehead atoms. The van der Waals surface area contributed by atoms with E-state index in [4.69, 9.17) is 0 Å². The van der Waals surface area contributed by atoms with Crippen molar-refractivity contribution in [2.75, 3.05) is 5.08 Å². The zero-order valence-electron chi connectivity index (χ0n) is 43.5. The Labute approximate surface area is 428 Å². The van der Waals surface area contributed by atoms with Gasteiger partial charge in [-0.3, -0.25) is 0 Å². The Morgan fingerprint density at radius 1 is 0.429 bits per heavy atom. The topological polar surface area (TPSA) is 0 Å². The predicted octanol–water partition coefficient (Wildman–Crippen LogP) is 24.7. The smallest absolute Gasteiger partial charge is 0.0397 e. The molecule has 0 aromatic rings. The van der Waals surface area contributed by atoms with Gasteiger partial charge in [-0.1, -0.05) is 313 Å². The van der Waals surface area contributed by atoms with Crippen LogP contribution in [0.5, 0.6) is 0 Å². The van der Waals surface area contributed by atoms with E-state index in [0.717, 1.165) is 31.5 Å². The van der Waals surface area contributed by atoms with Crippen LogP contribution in [0.3, 0.4) is 0 Å². The fourth-order valence-electron chi connectivity index (χ4n) is 7.97. The lowest BCUT2D eigenvalue weighted by Crippen LogP contribution is -2.22. The predicted molar refractivity (Wildman–Crippen MR) is 319 cm³/mol. The Morgan fingerprint density at radius 2 is 0.825 bits per heavy atom. The molecule has 1 saturated heterocycles. The van der Waals surface area contributed by atoms with Crippen LogP contribution in [-0.4, -0.2) is 36.6 Å². The van der Waals surface area contributed by atoms with Gasteiger partial charge in [0.1, 0.15) is 0 Å². The molecule has 0 aliphatic carbocycles. The number of rotatable bonds is 41. The van der Waals surface area contributed by atoms with Crippen molar-refractivity contribution in [3.63, 3.8) is 0 Å². The Hall–Kier alpha value is 2.10. The van der Waals surface area contributed by atoms with E-state index in [0.29, 0.717) is 0 Å². The molecule has 1 aliphatic heterocycles. The number of hydrogen-bond donors (Lipinski definition) is 0. The first-order chi connectivity index (χ1) is 29.9. The Bertz CT molecular complexity index is 754. The van der Waals surface area contributed by atoms with Gasteiger partial charge in [-0.15, -0.1) is 23.5 Å². The quantitative estimate of drug-likeness (QED) is 0.0338. The normalized spacial score (nSPS) is 16.9. The van der Waals surface area contributed by atoms with Crippen molar-refractivity contribution in [2.24, 2.45) is 0 Å². The monoisotopic (exact) mass is 999 g/mol. The van der Waals surface area contributed by atoms with Crippen LogP contribution in [0.25, 0.3) is 0 Å². The van der Waals surface area contributed by atoms with Gasteiger partial charge in [-0.25, -0.2) is 0 Å². The molecule has 0 aromatic heterocycles. The van der Waals surface area contributed by atoms with E-state index in [2.05, 4.69) is 136 Å². The molecule has 0 nitrogen and oxygen atoms in total. The van der Waals surface area contributed by atoms with E-state index in [1.165, 1.54) is 249 Å². The summed E-state index contributed by atoms with van der Waals surface area (Å²) in [5, 5.41) is 6.64. The lowest BCUT2D eigenvalue weighted by Gasteiger charge is -2.31. The molecule has 0 saturated carbocycles. The first kappa shape index (κ1) is 71.6. The number of thioether (sulfide) groups is 2. The lowest BCUT2D eigenvalue weighted by molar-refractivity contribution is 0.564. The van der Waals surface area contributed by atoms with Crippen LogP contribution in [0.15, 0.2) is 0 Å². The van der Waals surface area contributed by atoms with Crippen LogP contribution < -0.4 is 0 Å². The minimum absolute atomic E-state index is 0. The van der Waals surface area contributed by atoms with Crippen LogP contribution in [0.4, 0.5) is 0 Å². The third-order valence-corrected chi connectivity index (χ3v) is 22.7. The molecule has 1 rings (SSSR count). The Kier molecular flexibility index (Phi) is 68.5. The van der Waals surface area contributed by atoms with E-state index in [-0.39, 0.29) is 14.9 Å². The maximum atomic E-state index is 2.45. The molecule has 1 heterocycles. The van der Waals surface area contributed by atoms with Gasteiger partial charge in [-0.05, 0) is 57.8 Å². The summed E-state index contributed by atoms with van der Waals surface area (Å²) in [6, 6.07) is 0. The zero-order valence-corrected chi connectivity index (χ0v) is 48.4. The van der Waals surface area contributed by atoms with E-state index in [9.17, 15) is 0 Å². The first-order valence-corrected chi connectivity index (χ1v) is 34.4. The summed E-state index contributed by atoms with van der Waals surface area (Å²) in [6.45, 7) is 23.2. The summed E-state index contributed by atoms with van der Waals surface area (Å²) in [7, 11) is 9.12. The summed E-state index contributed by atoms with van der Waals surface area (Å²) in [6.07, 6.45) is 54.0. The molecular weight excluding hydrogens is 877 g/mol. The van der Waals surface area contributed by atoms with E-state index >= 15 is 0 Å². The van der Waals surface area contributed by atoms with Crippen molar-refractivity contribution >= 4 is 66.7 Å². The van der Waals surface area contributed by atoms with Crippen LogP contribution in [0.1, 0.15) is 328 Å². The number of unbranched alkanes of at least 4 members (excludes halogenated alkanes) is 21. The molecule has 0 spiro atoms. The third kappa shape index (κ3) is 51.8.